The van der Waals surface area contributed by atoms with Gasteiger partial charge < -0.3 is 9.84 Å². The van der Waals surface area contributed by atoms with Crippen LogP contribution in [0.2, 0.25) is 0 Å². The van der Waals surface area contributed by atoms with Crippen LogP contribution in [0.15, 0.2) is 18.2 Å². The summed E-state index contributed by atoms with van der Waals surface area (Å²) in [5.41, 5.74) is 1.22. The van der Waals surface area contributed by atoms with E-state index in [0.717, 1.165) is 37.0 Å². The average Bonchev–Trinajstić information content (AvgIpc) is 2.37. The van der Waals surface area contributed by atoms with E-state index in [1.165, 1.54) is 0 Å². The van der Waals surface area contributed by atoms with Gasteiger partial charge in [-0.3, -0.25) is 4.79 Å². The Kier molecular flexibility index (Phi) is 3.71. The normalized spacial score (nSPS) is 17.1. The molecule has 0 unspecified atom stereocenters. The number of ether oxygens (including phenoxy) is 1. The standard InChI is InChI=1S/C15H20O3/c1-3-11-9-12(5-6-13(11)18-2)14(17)15(10-16)7-4-8-15/h5-6,9,16H,3-4,7-8,10H2,1-2H3. The monoisotopic (exact) mass is 248 g/mol. The fourth-order valence-electron chi connectivity index (χ4n) is 2.56. The molecule has 98 valence electrons. The minimum atomic E-state index is -0.514. The van der Waals surface area contributed by atoms with Gasteiger partial charge in [-0.25, -0.2) is 0 Å². The highest BCUT2D eigenvalue weighted by Crippen LogP contribution is 2.43. The molecule has 0 atom stereocenters. The van der Waals surface area contributed by atoms with Crippen LogP contribution in [-0.4, -0.2) is 24.6 Å². The summed E-state index contributed by atoms with van der Waals surface area (Å²) in [5, 5.41) is 9.45. The number of carbonyl (C=O) groups is 1. The quantitative estimate of drug-likeness (QED) is 0.815. The molecule has 0 aromatic heterocycles. The van der Waals surface area contributed by atoms with Crippen molar-refractivity contribution in [2.45, 2.75) is 32.6 Å². The molecule has 1 aliphatic rings. The summed E-state index contributed by atoms with van der Waals surface area (Å²) in [6.45, 7) is 2.00. The third-order valence-electron chi connectivity index (χ3n) is 4.02. The molecule has 18 heavy (non-hydrogen) atoms. The fourth-order valence-corrected chi connectivity index (χ4v) is 2.56. The molecule has 0 heterocycles. The summed E-state index contributed by atoms with van der Waals surface area (Å²) >= 11 is 0. The van der Waals surface area contributed by atoms with Crippen LogP contribution in [0.4, 0.5) is 0 Å². The van der Waals surface area contributed by atoms with Crippen molar-refractivity contribution in [3.8, 4) is 5.75 Å². The molecule has 0 radical (unpaired) electrons. The van der Waals surface area contributed by atoms with E-state index in [-0.39, 0.29) is 12.4 Å². The van der Waals surface area contributed by atoms with Crippen molar-refractivity contribution in [1.29, 1.82) is 0 Å². The Morgan fingerprint density at radius 1 is 1.44 bits per heavy atom. The van der Waals surface area contributed by atoms with Crippen molar-refractivity contribution < 1.29 is 14.6 Å². The lowest BCUT2D eigenvalue weighted by molar-refractivity contribution is 0.0348. The average molecular weight is 248 g/mol. The van der Waals surface area contributed by atoms with Crippen LogP contribution in [0.3, 0.4) is 0 Å². The van der Waals surface area contributed by atoms with E-state index in [1.807, 2.05) is 19.1 Å². The number of ketones is 1. The number of hydrogen-bond acceptors (Lipinski definition) is 3. The number of carbonyl (C=O) groups excluding carboxylic acids is 1. The number of rotatable bonds is 5. The van der Waals surface area contributed by atoms with E-state index >= 15 is 0 Å². The lowest BCUT2D eigenvalue weighted by Gasteiger charge is -2.38. The summed E-state index contributed by atoms with van der Waals surface area (Å²) in [6, 6.07) is 5.54. The molecule has 0 amide bonds. The van der Waals surface area contributed by atoms with Crippen LogP contribution in [0, 0.1) is 5.41 Å². The maximum Gasteiger partial charge on any atom is 0.171 e. The lowest BCUT2D eigenvalue weighted by atomic mass is 9.65. The minimum absolute atomic E-state index is 0.0423. The van der Waals surface area contributed by atoms with E-state index in [2.05, 4.69) is 0 Å². The topological polar surface area (TPSA) is 46.5 Å². The number of aliphatic hydroxyl groups is 1. The molecule has 1 saturated carbocycles. The van der Waals surface area contributed by atoms with Gasteiger partial charge in [0.25, 0.3) is 0 Å². The molecular weight excluding hydrogens is 228 g/mol. The highest BCUT2D eigenvalue weighted by molar-refractivity contribution is 6.01. The molecule has 3 nitrogen and oxygen atoms in total. The lowest BCUT2D eigenvalue weighted by Crippen LogP contribution is -2.41. The zero-order valence-corrected chi connectivity index (χ0v) is 11.0. The van der Waals surface area contributed by atoms with Gasteiger partial charge in [0.15, 0.2) is 5.78 Å². The predicted octanol–water partition coefficient (Wildman–Crippen LogP) is 2.60. The molecule has 1 aromatic carbocycles. The number of aryl methyl sites for hydroxylation is 1. The Bertz CT molecular complexity index is 442. The van der Waals surface area contributed by atoms with Crippen LogP contribution in [0.1, 0.15) is 42.1 Å². The van der Waals surface area contributed by atoms with E-state index in [1.54, 1.807) is 13.2 Å². The summed E-state index contributed by atoms with van der Waals surface area (Å²) in [5.74, 6) is 0.898. The first-order valence-electron chi connectivity index (χ1n) is 6.49. The number of Topliss-reactive ketones (excluding diaryl/α,β-unsaturated/α-hetero) is 1. The van der Waals surface area contributed by atoms with Crippen molar-refractivity contribution in [3.63, 3.8) is 0 Å². The summed E-state index contributed by atoms with van der Waals surface area (Å²) in [6.07, 6.45) is 3.46. The van der Waals surface area contributed by atoms with Gasteiger partial charge in [-0.15, -0.1) is 0 Å². The molecule has 2 rings (SSSR count). The first-order valence-corrected chi connectivity index (χ1v) is 6.49. The minimum Gasteiger partial charge on any atom is -0.496 e. The Balaban J connectivity index is 2.31. The van der Waals surface area contributed by atoms with E-state index in [9.17, 15) is 9.90 Å². The number of methoxy groups -OCH3 is 1. The Hall–Kier alpha value is -1.35. The van der Waals surface area contributed by atoms with Crippen LogP contribution in [0.5, 0.6) is 5.75 Å². The van der Waals surface area contributed by atoms with Crippen LogP contribution < -0.4 is 4.74 Å². The zero-order valence-electron chi connectivity index (χ0n) is 11.0. The Morgan fingerprint density at radius 3 is 2.61 bits per heavy atom. The van der Waals surface area contributed by atoms with Gasteiger partial charge >= 0.3 is 0 Å². The van der Waals surface area contributed by atoms with E-state index < -0.39 is 5.41 Å². The Labute approximate surface area is 108 Å². The molecule has 0 spiro atoms. The zero-order chi connectivity index (χ0) is 13.2. The van der Waals surface area contributed by atoms with Crippen molar-refractivity contribution in [2.24, 2.45) is 5.41 Å². The summed E-state index contributed by atoms with van der Waals surface area (Å²) in [7, 11) is 1.64. The fraction of sp³-hybridized carbons (Fsp3) is 0.533. The molecule has 3 heteroatoms. The largest absolute Gasteiger partial charge is 0.496 e. The summed E-state index contributed by atoms with van der Waals surface area (Å²) in [4.78, 5) is 12.4. The van der Waals surface area contributed by atoms with Crippen molar-refractivity contribution in [2.75, 3.05) is 13.7 Å². The van der Waals surface area contributed by atoms with Gasteiger partial charge in [0.05, 0.1) is 19.1 Å². The summed E-state index contributed by atoms with van der Waals surface area (Å²) < 4.78 is 5.26. The van der Waals surface area contributed by atoms with Crippen LogP contribution in [-0.2, 0) is 6.42 Å². The molecule has 0 saturated heterocycles. The maximum atomic E-state index is 12.4. The third kappa shape index (κ3) is 2.03. The van der Waals surface area contributed by atoms with E-state index in [0.29, 0.717) is 5.56 Å². The van der Waals surface area contributed by atoms with Crippen molar-refractivity contribution in [3.05, 3.63) is 29.3 Å². The molecule has 0 aliphatic heterocycles. The predicted molar refractivity (Wildman–Crippen MR) is 70.1 cm³/mol. The van der Waals surface area contributed by atoms with Crippen molar-refractivity contribution >= 4 is 5.78 Å². The van der Waals surface area contributed by atoms with Gasteiger partial charge in [0, 0.05) is 5.56 Å². The molecular formula is C15H20O3. The highest BCUT2D eigenvalue weighted by Gasteiger charge is 2.43. The van der Waals surface area contributed by atoms with E-state index in [4.69, 9.17) is 4.74 Å². The van der Waals surface area contributed by atoms with Gasteiger partial charge in [-0.1, -0.05) is 13.3 Å². The van der Waals surface area contributed by atoms with Gasteiger partial charge in [0.2, 0.25) is 0 Å². The second kappa shape index (κ2) is 5.11. The van der Waals surface area contributed by atoms with Crippen LogP contribution in [0.25, 0.3) is 0 Å². The molecule has 1 aromatic rings. The smallest absolute Gasteiger partial charge is 0.171 e. The number of aliphatic hydroxyl groups excluding tert-OH is 1. The first kappa shape index (κ1) is 13.1. The second-order valence-corrected chi connectivity index (χ2v) is 5.00. The SMILES string of the molecule is CCc1cc(C(=O)C2(CO)CCC2)ccc1OC. The van der Waals surface area contributed by atoms with Gasteiger partial charge in [-0.05, 0) is 43.0 Å². The third-order valence-corrected chi connectivity index (χ3v) is 4.02. The second-order valence-electron chi connectivity index (χ2n) is 5.00. The number of hydrogen-bond donors (Lipinski definition) is 1. The van der Waals surface area contributed by atoms with Crippen LogP contribution >= 0.6 is 0 Å². The Morgan fingerprint density at radius 2 is 2.17 bits per heavy atom. The molecule has 1 aliphatic carbocycles. The highest BCUT2D eigenvalue weighted by atomic mass is 16.5. The first-order chi connectivity index (χ1) is 8.66. The molecule has 0 bridgehead atoms. The number of benzene rings is 1. The van der Waals surface area contributed by atoms with Gasteiger partial charge in [0.1, 0.15) is 5.75 Å². The van der Waals surface area contributed by atoms with Crippen molar-refractivity contribution in [1.82, 2.24) is 0 Å². The molecule has 1 N–H and O–H groups in total. The molecule has 1 fully saturated rings. The maximum absolute atomic E-state index is 12.4. The van der Waals surface area contributed by atoms with Gasteiger partial charge in [-0.2, -0.15) is 0 Å².